The molecule has 1 aliphatic rings. The Morgan fingerprint density at radius 2 is 2.12 bits per heavy atom. The first-order chi connectivity index (χ1) is 8.19. The van der Waals surface area contributed by atoms with E-state index in [1.54, 1.807) is 0 Å². The molecule has 2 atom stereocenters. The van der Waals surface area contributed by atoms with Crippen molar-refractivity contribution in [3.05, 3.63) is 29.3 Å². The maximum atomic E-state index is 3.57. The summed E-state index contributed by atoms with van der Waals surface area (Å²) in [5.41, 5.74) is 2.80. The van der Waals surface area contributed by atoms with Crippen molar-refractivity contribution in [1.82, 2.24) is 5.32 Å². The molecule has 1 aromatic carbocycles. The highest BCUT2D eigenvalue weighted by Crippen LogP contribution is 2.36. The third kappa shape index (κ3) is 3.49. The summed E-state index contributed by atoms with van der Waals surface area (Å²) in [6.45, 7) is 7.69. The number of rotatable bonds is 4. The van der Waals surface area contributed by atoms with Gasteiger partial charge in [-0.05, 0) is 51.3 Å². The Labute approximate surface area is 109 Å². The van der Waals surface area contributed by atoms with Crippen LogP contribution in [-0.2, 0) is 0 Å². The lowest BCUT2D eigenvalue weighted by Crippen LogP contribution is -2.26. The maximum absolute atomic E-state index is 3.57. The number of benzene rings is 1. The Kier molecular flexibility index (Phi) is 4.52. The molecule has 17 heavy (non-hydrogen) atoms. The van der Waals surface area contributed by atoms with Gasteiger partial charge in [-0.1, -0.05) is 24.6 Å². The summed E-state index contributed by atoms with van der Waals surface area (Å²) in [5, 5.41) is 4.38. The lowest BCUT2D eigenvalue weighted by atomic mass is 10.2. The summed E-state index contributed by atoms with van der Waals surface area (Å²) >= 11 is 2.08. The molecule has 1 fully saturated rings. The van der Waals surface area contributed by atoms with E-state index in [9.17, 15) is 0 Å². The van der Waals surface area contributed by atoms with Crippen LogP contribution in [0.3, 0.4) is 0 Å². The van der Waals surface area contributed by atoms with Gasteiger partial charge in [-0.25, -0.2) is 0 Å². The number of hydrogen-bond donors (Lipinski definition) is 1. The van der Waals surface area contributed by atoms with Crippen LogP contribution in [-0.4, -0.2) is 17.8 Å². The largest absolute Gasteiger partial charge is 0.314 e. The zero-order chi connectivity index (χ0) is 12.3. The average Bonchev–Trinajstić information content (AvgIpc) is 2.71. The summed E-state index contributed by atoms with van der Waals surface area (Å²) in [6.07, 6.45) is 4.03. The second kappa shape index (κ2) is 5.92. The van der Waals surface area contributed by atoms with E-state index >= 15 is 0 Å². The molecule has 1 aromatic rings. The van der Waals surface area contributed by atoms with Gasteiger partial charge < -0.3 is 5.32 Å². The average molecular weight is 249 g/mol. The van der Waals surface area contributed by atoms with Crippen molar-refractivity contribution in [2.75, 3.05) is 6.54 Å². The monoisotopic (exact) mass is 249 g/mol. The first-order valence-corrected chi connectivity index (χ1v) is 7.54. The second-order valence-corrected chi connectivity index (χ2v) is 6.42. The first-order valence-electron chi connectivity index (χ1n) is 6.66. The molecule has 94 valence electrons. The van der Waals surface area contributed by atoms with Crippen molar-refractivity contribution < 1.29 is 0 Å². The Hall–Kier alpha value is -0.470. The Morgan fingerprint density at radius 3 is 2.82 bits per heavy atom. The van der Waals surface area contributed by atoms with Crippen molar-refractivity contribution in [3.8, 4) is 0 Å². The summed E-state index contributed by atoms with van der Waals surface area (Å²) in [4.78, 5) is 1.47. The Balaban J connectivity index is 1.93. The molecule has 0 spiro atoms. The van der Waals surface area contributed by atoms with Crippen LogP contribution in [0.5, 0.6) is 0 Å². The quantitative estimate of drug-likeness (QED) is 0.868. The van der Waals surface area contributed by atoms with Crippen LogP contribution in [0.25, 0.3) is 0 Å². The van der Waals surface area contributed by atoms with Crippen molar-refractivity contribution in [1.29, 1.82) is 0 Å². The molecule has 0 aliphatic heterocycles. The van der Waals surface area contributed by atoms with E-state index in [4.69, 9.17) is 0 Å². The Morgan fingerprint density at radius 1 is 1.29 bits per heavy atom. The van der Waals surface area contributed by atoms with Crippen LogP contribution in [0.15, 0.2) is 23.1 Å². The summed E-state index contributed by atoms with van der Waals surface area (Å²) in [6, 6.07) is 7.56. The van der Waals surface area contributed by atoms with Gasteiger partial charge in [0.15, 0.2) is 0 Å². The SMILES string of the molecule is CCNC1CCC(Sc2ccc(C)cc2C)C1. The van der Waals surface area contributed by atoms with Gasteiger partial charge in [-0.15, -0.1) is 11.8 Å². The highest BCUT2D eigenvalue weighted by molar-refractivity contribution is 8.00. The zero-order valence-corrected chi connectivity index (χ0v) is 11.9. The number of hydrogen-bond acceptors (Lipinski definition) is 2. The van der Waals surface area contributed by atoms with Crippen molar-refractivity contribution in [3.63, 3.8) is 0 Å². The fourth-order valence-electron chi connectivity index (χ4n) is 2.63. The smallest absolute Gasteiger partial charge is 0.0110 e. The third-order valence-electron chi connectivity index (χ3n) is 3.50. The molecule has 2 unspecified atom stereocenters. The van der Waals surface area contributed by atoms with E-state index < -0.39 is 0 Å². The fraction of sp³-hybridized carbons (Fsp3) is 0.600. The van der Waals surface area contributed by atoms with Gasteiger partial charge >= 0.3 is 0 Å². The fourth-order valence-corrected chi connectivity index (χ4v) is 3.97. The zero-order valence-electron chi connectivity index (χ0n) is 11.1. The van der Waals surface area contributed by atoms with E-state index in [0.717, 1.165) is 17.8 Å². The van der Waals surface area contributed by atoms with Gasteiger partial charge in [-0.3, -0.25) is 0 Å². The highest BCUT2D eigenvalue weighted by atomic mass is 32.2. The van der Waals surface area contributed by atoms with E-state index in [2.05, 4.69) is 56.0 Å². The van der Waals surface area contributed by atoms with Gasteiger partial charge in [0.05, 0.1) is 0 Å². The van der Waals surface area contributed by atoms with E-state index in [1.165, 1.54) is 35.3 Å². The lowest BCUT2D eigenvalue weighted by molar-refractivity contribution is 0.543. The standard InChI is InChI=1S/C15H23NS/c1-4-16-13-6-7-14(10-13)17-15-8-5-11(2)9-12(15)3/h5,8-9,13-14,16H,4,6-7,10H2,1-3H3. The number of aryl methyl sites for hydroxylation is 2. The maximum Gasteiger partial charge on any atom is 0.0110 e. The number of nitrogens with one attached hydrogen (secondary N) is 1. The molecule has 1 aliphatic carbocycles. The molecule has 2 heteroatoms. The number of thioether (sulfide) groups is 1. The van der Waals surface area contributed by atoms with E-state index in [-0.39, 0.29) is 0 Å². The van der Waals surface area contributed by atoms with Crippen LogP contribution >= 0.6 is 11.8 Å². The van der Waals surface area contributed by atoms with Crippen LogP contribution in [0, 0.1) is 13.8 Å². The van der Waals surface area contributed by atoms with Crippen molar-refractivity contribution >= 4 is 11.8 Å². The summed E-state index contributed by atoms with van der Waals surface area (Å²) in [7, 11) is 0. The molecule has 0 bridgehead atoms. The second-order valence-electron chi connectivity index (χ2n) is 5.08. The molecular weight excluding hydrogens is 226 g/mol. The van der Waals surface area contributed by atoms with Gasteiger partial charge in [0, 0.05) is 16.2 Å². The molecule has 0 heterocycles. The molecule has 1 nitrogen and oxygen atoms in total. The predicted octanol–water partition coefficient (Wildman–Crippen LogP) is 3.93. The van der Waals surface area contributed by atoms with Crippen LogP contribution in [0.1, 0.15) is 37.3 Å². The minimum atomic E-state index is 0.753. The minimum Gasteiger partial charge on any atom is -0.314 e. The minimum absolute atomic E-state index is 0.753. The Bertz CT molecular complexity index is 375. The normalized spacial score (nSPS) is 24.2. The molecule has 0 saturated heterocycles. The van der Waals surface area contributed by atoms with Gasteiger partial charge in [0.2, 0.25) is 0 Å². The molecule has 0 radical (unpaired) electrons. The van der Waals surface area contributed by atoms with Crippen LogP contribution in [0.2, 0.25) is 0 Å². The molecule has 2 rings (SSSR count). The van der Waals surface area contributed by atoms with Crippen LogP contribution < -0.4 is 5.32 Å². The molecule has 1 saturated carbocycles. The van der Waals surface area contributed by atoms with E-state index in [1.807, 2.05) is 0 Å². The predicted molar refractivity (Wildman–Crippen MR) is 76.9 cm³/mol. The highest BCUT2D eigenvalue weighted by Gasteiger charge is 2.24. The first kappa shape index (κ1) is 13.0. The summed E-state index contributed by atoms with van der Waals surface area (Å²) < 4.78 is 0. The molecular formula is C15H23NS. The molecule has 1 N–H and O–H groups in total. The molecule has 0 aromatic heterocycles. The van der Waals surface area contributed by atoms with Gasteiger partial charge in [0.1, 0.15) is 0 Å². The van der Waals surface area contributed by atoms with Gasteiger partial charge in [0.25, 0.3) is 0 Å². The topological polar surface area (TPSA) is 12.0 Å². The van der Waals surface area contributed by atoms with Crippen molar-refractivity contribution in [2.24, 2.45) is 0 Å². The summed E-state index contributed by atoms with van der Waals surface area (Å²) in [5.74, 6) is 0. The molecule has 0 amide bonds. The van der Waals surface area contributed by atoms with Crippen molar-refractivity contribution in [2.45, 2.75) is 56.2 Å². The third-order valence-corrected chi connectivity index (χ3v) is 4.97. The van der Waals surface area contributed by atoms with Gasteiger partial charge in [-0.2, -0.15) is 0 Å². The van der Waals surface area contributed by atoms with E-state index in [0.29, 0.717) is 0 Å². The van der Waals surface area contributed by atoms with Crippen LogP contribution in [0.4, 0.5) is 0 Å². The lowest BCUT2D eigenvalue weighted by Gasteiger charge is -2.13.